The molecule has 0 heterocycles. The second-order valence-electron chi connectivity index (χ2n) is 3.70. The highest BCUT2D eigenvalue weighted by Gasteiger charge is 2.51. The largest absolute Gasteiger partial charge is 0.421 e. The highest BCUT2D eigenvalue weighted by atomic mass is 19.4. The molecule has 0 radical (unpaired) electrons. The molecule has 0 N–H and O–H groups in total. The number of hydrogen-bond donors (Lipinski definition) is 0. The number of hydrogen-bond acceptors (Lipinski definition) is 1. The third-order valence-electron chi connectivity index (χ3n) is 2.14. The lowest BCUT2D eigenvalue weighted by Gasteiger charge is -2.13. The Bertz CT molecular complexity index is 506. The van der Waals surface area contributed by atoms with Gasteiger partial charge in [0.15, 0.2) is 5.78 Å². The normalized spacial score (nSPS) is 12.5. The van der Waals surface area contributed by atoms with Gasteiger partial charge in [0.1, 0.15) is 5.57 Å². The van der Waals surface area contributed by atoms with Crippen molar-refractivity contribution >= 4 is 11.9 Å². The predicted octanol–water partition coefficient (Wildman–Crippen LogP) is 4.32. The highest BCUT2D eigenvalue weighted by Crippen LogP contribution is 2.38. The summed E-state index contributed by atoms with van der Waals surface area (Å²) in [5, 5.41) is 0. The minimum Gasteiger partial charge on any atom is -0.290 e. The second kappa shape index (κ2) is 5.94. The Morgan fingerprint density at radius 2 is 1.40 bits per heavy atom. The van der Waals surface area contributed by atoms with Crippen LogP contribution in [0.3, 0.4) is 0 Å². The molecule has 0 saturated heterocycles. The van der Waals surface area contributed by atoms with Gasteiger partial charge in [0, 0.05) is 6.08 Å². The molecule has 0 aliphatic heterocycles. The maximum atomic E-state index is 12.2. The molecule has 1 rings (SSSR count). The first-order valence-electron chi connectivity index (χ1n) is 5.24. The molecule has 20 heavy (non-hydrogen) atoms. The van der Waals surface area contributed by atoms with Crippen molar-refractivity contribution in [1.29, 1.82) is 0 Å². The molecule has 1 nitrogen and oxygen atoms in total. The van der Waals surface area contributed by atoms with E-state index >= 15 is 0 Å². The zero-order valence-corrected chi connectivity index (χ0v) is 9.79. The van der Waals surface area contributed by atoms with Crippen LogP contribution in [0.25, 0.3) is 6.08 Å². The third kappa shape index (κ3) is 4.91. The second-order valence-corrected chi connectivity index (χ2v) is 3.70. The average Bonchev–Trinajstić information content (AvgIpc) is 2.32. The summed E-state index contributed by atoms with van der Waals surface area (Å²) in [6, 6.07) is 7.97. The van der Waals surface area contributed by atoms with Gasteiger partial charge >= 0.3 is 12.4 Å². The van der Waals surface area contributed by atoms with Crippen LogP contribution >= 0.6 is 0 Å². The SMILES string of the molecule is O=C(C=Cc1ccccc1)C=C(C(F)(F)F)C(F)(F)F. The van der Waals surface area contributed by atoms with E-state index in [0.717, 1.165) is 6.08 Å². The van der Waals surface area contributed by atoms with E-state index in [2.05, 4.69) is 0 Å². The fourth-order valence-corrected chi connectivity index (χ4v) is 1.26. The van der Waals surface area contributed by atoms with Crippen molar-refractivity contribution in [1.82, 2.24) is 0 Å². The zero-order chi connectivity index (χ0) is 15.4. The van der Waals surface area contributed by atoms with Crippen LogP contribution in [0.2, 0.25) is 0 Å². The quantitative estimate of drug-likeness (QED) is 0.599. The van der Waals surface area contributed by atoms with Crippen molar-refractivity contribution in [2.45, 2.75) is 12.4 Å². The molecule has 0 saturated carbocycles. The van der Waals surface area contributed by atoms with E-state index in [4.69, 9.17) is 0 Å². The number of benzene rings is 1. The Labute approximate surface area is 110 Å². The van der Waals surface area contributed by atoms with Crippen LogP contribution in [-0.2, 0) is 4.79 Å². The third-order valence-corrected chi connectivity index (χ3v) is 2.14. The van der Waals surface area contributed by atoms with Crippen LogP contribution in [0.4, 0.5) is 26.3 Å². The summed E-state index contributed by atoms with van der Waals surface area (Å²) in [6.45, 7) is 0. The van der Waals surface area contributed by atoms with Gasteiger partial charge in [-0.15, -0.1) is 0 Å². The molecule has 108 valence electrons. The maximum absolute atomic E-state index is 12.2. The lowest BCUT2D eigenvalue weighted by Crippen LogP contribution is -2.26. The summed E-state index contributed by atoms with van der Waals surface area (Å²) in [6.07, 6.45) is -9.95. The van der Waals surface area contributed by atoms with Gasteiger partial charge in [0.05, 0.1) is 0 Å². The van der Waals surface area contributed by atoms with Crippen LogP contribution in [0, 0.1) is 0 Å². The van der Waals surface area contributed by atoms with Crippen molar-refractivity contribution in [3.05, 3.63) is 53.6 Å². The number of alkyl halides is 6. The van der Waals surface area contributed by atoms with E-state index in [0.29, 0.717) is 11.6 Å². The van der Waals surface area contributed by atoms with Gasteiger partial charge in [-0.3, -0.25) is 4.79 Å². The molecule has 0 aromatic heterocycles. The van der Waals surface area contributed by atoms with Crippen LogP contribution in [-0.4, -0.2) is 18.1 Å². The van der Waals surface area contributed by atoms with Crippen LogP contribution in [0.1, 0.15) is 5.56 Å². The van der Waals surface area contributed by atoms with Gasteiger partial charge in [-0.05, 0) is 11.6 Å². The van der Waals surface area contributed by atoms with Gasteiger partial charge < -0.3 is 0 Å². The fraction of sp³-hybridized carbons (Fsp3) is 0.154. The summed E-state index contributed by atoms with van der Waals surface area (Å²) in [4.78, 5) is 11.2. The number of carbonyl (C=O) groups excluding carboxylic acids is 1. The van der Waals surface area contributed by atoms with Crippen LogP contribution in [0.15, 0.2) is 48.1 Å². The molecule has 0 spiro atoms. The Morgan fingerprint density at radius 3 is 1.85 bits per heavy atom. The Hall–Kier alpha value is -2.05. The number of rotatable bonds is 3. The maximum Gasteiger partial charge on any atom is 0.421 e. The van der Waals surface area contributed by atoms with Crippen molar-refractivity contribution in [3.8, 4) is 0 Å². The van der Waals surface area contributed by atoms with E-state index in [-0.39, 0.29) is 0 Å². The van der Waals surface area contributed by atoms with E-state index in [1.54, 1.807) is 30.3 Å². The molecular formula is C13H8F6O. The summed E-state index contributed by atoms with van der Waals surface area (Å²) in [5.41, 5.74) is -2.34. The smallest absolute Gasteiger partial charge is 0.290 e. The van der Waals surface area contributed by atoms with Gasteiger partial charge in [-0.25, -0.2) is 0 Å². The molecule has 0 aliphatic rings. The topological polar surface area (TPSA) is 17.1 Å². The molecule has 0 fully saturated rings. The average molecular weight is 294 g/mol. The van der Waals surface area contributed by atoms with E-state index in [1.165, 1.54) is 0 Å². The fourth-order valence-electron chi connectivity index (χ4n) is 1.26. The molecular weight excluding hydrogens is 286 g/mol. The minimum absolute atomic E-state index is 0.459. The summed E-state index contributed by atoms with van der Waals surface area (Å²) in [5.74, 6) is -1.39. The molecule has 0 unspecified atom stereocenters. The van der Waals surface area contributed by atoms with Crippen molar-refractivity contribution < 1.29 is 31.1 Å². The zero-order valence-electron chi connectivity index (χ0n) is 9.79. The summed E-state index contributed by atoms with van der Waals surface area (Å²) < 4.78 is 73.0. The first-order valence-corrected chi connectivity index (χ1v) is 5.24. The molecule has 0 amide bonds. The number of allylic oxidation sites excluding steroid dienone is 3. The van der Waals surface area contributed by atoms with Gasteiger partial charge in [-0.2, -0.15) is 26.3 Å². The van der Waals surface area contributed by atoms with Crippen molar-refractivity contribution in [3.63, 3.8) is 0 Å². The van der Waals surface area contributed by atoms with Gasteiger partial charge in [0.2, 0.25) is 0 Å². The van der Waals surface area contributed by atoms with E-state index in [1.807, 2.05) is 0 Å². The monoisotopic (exact) mass is 294 g/mol. The molecule has 0 aliphatic carbocycles. The van der Waals surface area contributed by atoms with Crippen LogP contribution < -0.4 is 0 Å². The number of ketones is 1. The predicted molar refractivity (Wildman–Crippen MR) is 60.7 cm³/mol. The standard InChI is InChI=1S/C13H8F6O/c14-12(15,16)11(13(17,18)19)8-10(20)7-6-9-4-2-1-3-5-9/h1-8H. The summed E-state index contributed by atoms with van der Waals surface area (Å²) in [7, 11) is 0. The van der Waals surface area contributed by atoms with Crippen molar-refractivity contribution in [2.75, 3.05) is 0 Å². The first-order chi connectivity index (χ1) is 9.10. The molecule has 0 bridgehead atoms. The van der Waals surface area contributed by atoms with E-state index in [9.17, 15) is 31.1 Å². The van der Waals surface area contributed by atoms with Crippen molar-refractivity contribution in [2.24, 2.45) is 0 Å². The molecule has 7 heteroatoms. The number of carbonyl (C=O) groups is 1. The molecule has 1 aromatic rings. The Balaban J connectivity index is 2.96. The summed E-state index contributed by atoms with van der Waals surface area (Å²) >= 11 is 0. The minimum atomic E-state index is -5.63. The number of halogens is 6. The van der Waals surface area contributed by atoms with Gasteiger partial charge in [-0.1, -0.05) is 36.4 Å². The Morgan fingerprint density at radius 1 is 0.900 bits per heavy atom. The lowest BCUT2D eigenvalue weighted by atomic mass is 10.1. The van der Waals surface area contributed by atoms with Gasteiger partial charge in [0.25, 0.3) is 0 Å². The lowest BCUT2D eigenvalue weighted by molar-refractivity contribution is -0.172. The highest BCUT2D eigenvalue weighted by molar-refractivity contribution is 6.02. The molecule has 1 aromatic carbocycles. The molecule has 0 atom stereocenters. The van der Waals surface area contributed by atoms with E-state index < -0.39 is 29.8 Å². The first kappa shape index (κ1) is 16.0. The van der Waals surface area contributed by atoms with Crippen LogP contribution in [0.5, 0.6) is 0 Å². The Kier molecular flexibility index (Phi) is 4.75.